The number of hydrogen-bond donors (Lipinski definition) is 2. The van der Waals surface area contributed by atoms with Gasteiger partial charge in [0.05, 0.1) is 18.9 Å². The number of allylic oxidation sites excluding steroid dienone is 6. The third-order valence-electron chi connectivity index (χ3n) is 8.82. The maximum absolute atomic E-state index is 13.9. The minimum absolute atomic E-state index is 0.141. The largest absolute Gasteiger partial charge is 0.508 e. The third-order valence-corrected chi connectivity index (χ3v) is 9.27. The van der Waals surface area contributed by atoms with Gasteiger partial charge < -0.3 is 14.9 Å². The van der Waals surface area contributed by atoms with Crippen molar-refractivity contribution in [1.29, 1.82) is 0 Å². The van der Waals surface area contributed by atoms with Gasteiger partial charge in [0.15, 0.2) is 23.1 Å². The second kappa shape index (κ2) is 10.1. The average molecular weight is 618 g/mol. The number of likely N-dealkylation sites (tertiary alicyclic amines) is 1. The molecule has 2 aromatic rings. The number of carbonyl (C=O) groups excluding carboxylic acids is 4. The van der Waals surface area contributed by atoms with Crippen LogP contribution in [0.15, 0.2) is 75.3 Å². The van der Waals surface area contributed by atoms with Crippen LogP contribution in [0.2, 0.25) is 0 Å². The van der Waals surface area contributed by atoms with Crippen LogP contribution in [0.5, 0.6) is 17.2 Å². The van der Waals surface area contributed by atoms with Gasteiger partial charge in [-0.15, -0.1) is 0 Å². The van der Waals surface area contributed by atoms with Crippen molar-refractivity contribution >= 4 is 39.3 Å². The number of aromatic hydroxyl groups is 2. The number of amides is 2. The summed E-state index contributed by atoms with van der Waals surface area (Å²) in [4.78, 5) is 55.6. The smallest absolute Gasteiger partial charge is 0.233 e. The van der Waals surface area contributed by atoms with Crippen molar-refractivity contribution in [2.75, 3.05) is 13.7 Å². The standard InChI is InChI=1S/C32H28BrNO7/c1-15-11-24(36)22-14-21-19(26(28(22)29(15)37)23-12-17(33)13-25(41-2)30(23)38)7-8-20-27(21)32(40)34(31(20)39)10-9-16-3-5-18(35)6-4-16/h3-7,11-13,20-21,26-27,35,38H,8-10,14H2,1-2H3. The summed E-state index contributed by atoms with van der Waals surface area (Å²) in [6.07, 6.45) is 4.19. The molecule has 0 bridgehead atoms. The van der Waals surface area contributed by atoms with E-state index in [1.807, 2.05) is 6.08 Å². The average Bonchev–Trinajstić information content (AvgIpc) is 3.20. The third kappa shape index (κ3) is 4.34. The van der Waals surface area contributed by atoms with E-state index in [1.165, 1.54) is 18.1 Å². The molecule has 0 saturated carbocycles. The van der Waals surface area contributed by atoms with E-state index < -0.39 is 23.7 Å². The number of phenols is 2. The molecule has 1 aliphatic heterocycles. The quantitative estimate of drug-likeness (QED) is 0.287. The Labute approximate surface area is 245 Å². The van der Waals surface area contributed by atoms with Crippen LogP contribution in [0.1, 0.15) is 36.8 Å². The molecule has 1 fully saturated rings. The Hall–Kier alpha value is -3.98. The number of hydrogen-bond acceptors (Lipinski definition) is 7. The van der Waals surface area contributed by atoms with E-state index in [2.05, 4.69) is 15.9 Å². The summed E-state index contributed by atoms with van der Waals surface area (Å²) in [5.74, 6) is -3.36. The van der Waals surface area contributed by atoms with E-state index in [1.54, 1.807) is 43.3 Å². The molecule has 4 atom stereocenters. The summed E-state index contributed by atoms with van der Waals surface area (Å²) in [5.41, 5.74) is 3.01. The summed E-state index contributed by atoms with van der Waals surface area (Å²) in [5, 5.41) is 20.8. The monoisotopic (exact) mass is 617 g/mol. The first kappa shape index (κ1) is 27.2. The molecule has 2 N–H and O–H groups in total. The van der Waals surface area contributed by atoms with Gasteiger partial charge in [0.2, 0.25) is 11.8 Å². The van der Waals surface area contributed by atoms with Gasteiger partial charge in [0.1, 0.15) is 5.75 Å². The van der Waals surface area contributed by atoms with Crippen LogP contribution < -0.4 is 4.74 Å². The fourth-order valence-corrected chi connectivity index (χ4v) is 7.33. The van der Waals surface area contributed by atoms with Gasteiger partial charge in [-0.25, -0.2) is 0 Å². The van der Waals surface area contributed by atoms with Crippen LogP contribution in [0.3, 0.4) is 0 Å². The Bertz CT molecular complexity index is 1620. The highest BCUT2D eigenvalue weighted by molar-refractivity contribution is 9.10. The van der Waals surface area contributed by atoms with E-state index >= 15 is 0 Å². The number of fused-ring (bicyclic) bond motifs is 3. The first-order valence-corrected chi connectivity index (χ1v) is 14.3. The van der Waals surface area contributed by atoms with Crippen molar-refractivity contribution in [2.24, 2.45) is 17.8 Å². The van der Waals surface area contributed by atoms with Gasteiger partial charge in [-0.05, 0) is 68.0 Å². The topological polar surface area (TPSA) is 121 Å². The molecule has 1 heterocycles. The number of Topliss-reactive ketones (excluding diaryl/α,β-unsaturated/α-hetero) is 1. The first-order valence-electron chi connectivity index (χ1n) is 13.5. The molecular weight excluding hydrogens is 590 g/mol. The summed E-state index contributed by atoms with van der Waals surface area (Å²) in [6, 6.07) is 9.97. The van der Waals surface area contributed by atoms with E-state index in [0.29, 0.717) is 39.6 Å². The predicted octanol–water partition coefficient (Wildman–Crippen LogP) is 4.54. The molecule has 6 rings (SSSR count). The Kier molecular flexibility index (Phi) is 6.72. The number of halogens is 1. The molecule has 3 aliphatic carbocycles. The highest BCUT2D eigenvalue weighted by atomic mass is 79.9. The molecule has 4 unspecified atom stereocenters. The maximum Gasteiger partial charge on any atom is 0.233 e. The van der Waals surface area contributed by atoms with Crippen LogP contribution in [-0.2, 0) is 25.6 Å². The van der Waals surface area contributed by atoms with Crippen molar-refractivity contribution in [3.8, 4) is 17.2 Å². The Morgan fingerprint density at radius 2 is 1.76 bits per heavy atom. The molecule has 0 aromatic heterocycles. The van der Waals surface area contributed by atoms with Crippen molar-refractivity contribution in [3.05, 3.63) is 86.4 Å². The van der Waals surface area contributed by atoms with Crippen LogP contribution >= 0.6 is 15.9 Å². The second-order valence-electron chi connectivity index (χ2n) is 11.0. The van der Waals surface area contributed by atoms with Crippen LogP contribution in [0, 0.1) is 17.8 Å². The number of imide groups is 1. The number of benzene rings is 2. The number of phenolic OH excluding ortho intramolecular Hbond substituents is 2. The van der Waals surface area contributed by atoms with Crippen LogP contribution in [-0.4, -0.2) is 52.1 Å². The molecule has 1 saturated heterocycles. The molecule has 41 heavy (non-hydrogen) atoms. The zero-order chi connectivity index (χ0) is 29.2. The lowest BCUT2D eigenvalue weighted by Crippen LogP contribution is -2.40. The zero-order valence-corrected chi connectivity index (χ0v) is 24.1. The number of carbonyl (C=O) groups is 4. The van der Waals surface area contributed by atoms with Crippen molar-refractivity contribution < 1.29 is 34.1 Å². The Morgan fingerprint density at radius 3 is 2.46 bits per heavy atom. The van der Waals surface area contributed by atoms with Gasteiger partial charge in [0, 0.05) is 39.2 Å². The fourth-order valence-electron chi connectivity index (χ4n) is 6.88. The van der Waals surface area contributed by atoms with Gasteiger partial charge in [-0.3, -0.25) is 24.1 Å². The lowest BCUT2D eigenvalue weighted by Gasteiger charge is -2.42. The molecule has 0 radical (unpaired) electrons. The molecule has 2 aromatic carbocycles. The fraction of sp³-hybridized carbons (Fsp3) is 0.312. The summed E-state index contributed by atoms with van der Waals surface area (Å²) in [6.45, 7) is 1.81. The van der Waals surface area contributed by atoms with Crippen molar-refractivity contribution in [2.45, 2.75) is 32.1 Å². The van der Waals surface area contributed by atoms with Crippen molar-refractivity contribution in [1.82, 2.24) is 4.90 Å². The minimum atomic E-state index is -0.773. The number of nitrogens with zero attached hydrogens (tertiary/aromatic N) is 1. The Balaban J connectivity index is 1.42. The van der Waals surface area contributed by atoms with Gasteiger partial charge >= 0.3 is 0 Å². The number of ether oxygens (including phenoxy) is 1. The van der Waals surface area contributed by atoms with Gasteiger partial charge in [-0.2, -0.15) is 0 Å². The molecule has 210 valence electrons. The van der Waals surface area contributed by atoms with Crippen LogP contribution in [0.4, 0.5) is 0 Å². The zero-order valence-electron chi connectivity index (χ0n) is 22.5. The lowest BCUT2D eigenvalue weighted by atomic mass is 9.59. The van der Waals surface area contributed by atoms with Gasteiger partial charge in [-0.1, -0.05) is 39.7 Å². The molecule has 4 aliphatic rings. The second-order valence-corrected chi connectivity index (χ2v) is 11.9. The Morgan fingerprint density at radius 1 is 1.02 bits per heavy atom. The molecule has 2 amide bonds. The van der Waals surface area contributed by atoms with E-state index in [4.69, 9.17) is 4.74 Å². The molecule has 9 heteroatoms. The van der Waals surface area contributed by atoms with Gasteiger partial charge in [0.25, 0.3) is 0 Å². The molecular formula is C32H28BrNO7. The highest BCUT2D eigenvalue weighted by Gasteiger charge is 2.56. The minimum Gasteiger partial charge on any atom is -0.508 e. The molecule has 0 spiro atoms. The lowest BCUT2D eigenvalue weighted by molar-refractivity contribution is -0.140. The van der Waals surface area contributed by atoms with Crippen LogP contribution in [0.25, 0.3) is 0 Å². The number of methoxy groups -OCH3 is 1. The van der Waals surface area contributed by atoms with E-state index in [-0.39, 0.29) is 53.6 Å². The highest BCUT2D eigenvalue weighted by Crippen LogP contribution is 2.57. The normalized spacial score (nSPS) is 25.5. The number of ketones is 2. The molecule has 8 nitrogen and oxygen atoms in total. The SMILES string of the molecule is COc1cc(Br)cc(C2C3=CCC4C(=O)N(CCc5ccc(O)cc5)C(=O)C4C3CC3=C2C(=O)C(C)=CC3=O)c1O. The van der Waals surface area contributed by atoms with E-state index in [9.17, 15) is 29.4 Å². The van der Waals surface area contributed by atoms with E-state index in [0.717, 1.165) is 11.1 Å². The summed E-state index contributed by atoms with van der Waals surface area (Å²) < 4.78 is 6.01. The maximum atomic E-state index is 13.9. The first-order chi connectivity index (χ1) is 19.6. The van der Waals surface area contributed by atoms with Crippen molar-refractivity contribution in [3.63, 3.8) is 0 Å². The summed E-state index contributed by atoms with van der Waals surface area (Å²) in [7, 11) is 1.43. The summed E-state index contributed by atoms with van der Waals surface area (Å²) >= 11 is 3.47. The predicted molar refractivity (Wildman–Crippen MR) is 152 cm³/mol. The number of rotatable bonds is 5.